The number of carbonyl (C=O) groups is 1. The summed E-state index contributed by atoms with van der Waals surface area (Å²) in [6.07, 6.45) is 4.06. The molecule has 1 saturated heterocycles. The number of hydrogen-bond acceptors (Lipinski definition) is 7. The van der Waals surface area contributed by atoms with Gasteiger partial charge in [-0.05, 0) is 42.3 Å². The number of fused-ring (bicyclic) bond motifs is 1. The first kappa shape index (κ1) is 22.0. The Morgan fingerprint density at radius 2 is 1.97 bits per heavy atom. The quantitative estimate of drug-likeness (QED) is 0.418. The number of nitrogens with one attached hydrogen (secondary N) is 1. The van der Waals surface area contributed by atoms with Crippen molar-refractivity contribution >= 4 is 51.7 Å². The van der Waals surface area contributed by atoms with Crippen molar-refractivity contribution in [1.82, 2.24) is 14.3 Å². The van der Waals surface area contributed by atoms with Gasteiger partial charge in [0.05, 0.1) is 17.6 Å². The van der Waals surface area contributed by atoms with E-state index in [1.54, 1.807) is 36.4 Å². The van der Waals surface area contributed by atoms with E-state index in [0.717, 1.165) is 17.7 Å². The van der Waals surface area contributed by atoms with Crippen molar-refractivity contribution in [2.24, 2.45) is 0 Å². The summed E-state index contributed by atoms with van der Waals surface area (Å²) in [6, 6.07) is 13.0. The summed E-state index contributed by atoms with van der Waals surface area (Å²) in [5.41, 5.74) is 1.58. The molecule has 0 unspecified atom stereocenters. The number of aromatic nitrogens is 2. The van der Waals surface area contributed by atoms with E-state index >= 15 is 0 Å². The molecule has 7 nitrogen and oxygen atoms in total. The number of hydrogen-bond donors (Lipinski definition) is 1. The molecule has 9 heteroatoms. The fourth-order valence-corrected chi connectivity index (χ4v) is 4.63. The van der Waals surface area contributed by atoms with E-state index < -0.39 is 0 Å². The van der Waals surface area contributed by atoms with Gasteiger partial charge >= 0.3 is 0 Å². The molecule has 1 aromatic carbocycles. The Bertz CT molecular complexity index is 1270. The van der Waals surface area contributed by atoms with Crippen LogP contribution in [0.4, 0.5) is 5.82 Å². The number of anilines is 1. The highest BCUT2D eigenvalue weighted by molar-refractivity contribution is 8.26. The summed E-state index contributed by atoms with van der Waals surface area (Å²) in [4.78, 5) is 32.7. The van der Waals surface area contributed by atoms with E-state index in [9.17, 15) is 9.59 Å². The van der Waals surface area contributed by atoms with Gasteiger partial charge in [0, 0.05) is 19.3 Å². The standard InChI is InChI=1S/C23H22N4O3S2/c1-3-11-27-22(29)18(32-23(27)31)13-17-20(24-14-15-7-9-16(30-2)10-8-15)25-19-6-4-5-12-26(19)21(17)28/h4-10,12-13,24H,3,11,14H2,1-2H3/b18-13-. The molecule has 2 aromatic heterocycles. The predicted molar refractivity (Wildman–Crippen MR) is 132 cm³/mol. The Kier molecular flexibility index (Phi) is 6.57. The number of methoxy groups -OCH3 is 1. The molecule has 32 heavy (non-hydrogen) atoms. The fourth-order valence-electron chi connectivity index (χ4n) is 3.34. The van der Waals surface area contributed by atoms with Crippen LogP contribution in [0.15, 0.2) is 58.4 Å². The van der Waals surface area contributed by atoms with Crippen LogP contribution in [0.2, 0.25) is 0 Å². The van der Waals surface area contributed by atoms with Crippen LogP contribution in [0.1, 0.15) is 24.5 Å². The van der Waals surface area contributed by atoms with Crippen molar-refractivity contribution < 1.29 is 9.53 Å². The Labute approximate surface area is 195 Å². The molecular weight excluding hydrogens is 444 g/mol. The summed E-state index contributed by atoms with van der Waals surface area (Å²) < 4.78 is 7.17. The number of ether oxygens (including phenoxy) is 1. The largest absolute Gasteiger partial charge is 0.497 e. The topological polar surface area (TPSA) is 75.9 Å². The maximum absolute atomic E-state index is 13.3. The molecule has 0 bridgehead atoms. The first-order valence-electron chi connectivity index (χ1n) is 10.2. The smallest absolute Gasteiger partial charge is 0.267 e. The van der Waals surface area contributed by atoms with Gasteiger partial charge in [-0.1, -0.05) is 49.1 Å². The van der Waals surface area contributed by atoms with Gasteiger partial charge in [-0.25, -0.2) is 4.98 Å². The molecule has 0 aliphatic carbocycles. The van der Waals surface area contributed by atoms with Crippen LogP contribution in [0, 0.1) is 0 Å². The van der Waals surface area contributed by atoms with E-state index in [-0.39, 0.29) is 11.5 Å². The lowest BCUT2D eigenvalue weighted by Crippen LogP contribution is -2.28. The number of carbonyl (C=O) groups excluding carboxylic acids is 1. The van der Waals surface area contributed by atoms with Crippen molar-refractivity contribution in [2.45, 2.75) is 19.9 Å². The van der Waals surface area contributed by atoms with Crippen LogP contribution in [0.3, 0.4) is 0 Å². The average molecular weight is 467 g/mol. The molecule has 164 valence electrons. The summed E-state index contributed by atoms with van der Waals surface area (Å²) in [5, 5.41) is 3.26. The number of nitrogens with zero attached hydrogens (tertiary/aromatic N) is 3. The Morgan fingerprint density at radius 3 is 2.69 bits per heavy atom. The van der Waals surface area contributed by atoms with Crippen LogP contribution >= 0.6 is 24.0 Å². The number of thiocarbonyl (C=S) groups is 1. The lowest BCUT2D eigenvalue weighted by molar-refractivity contribution is -0.122. The molecule has 1 aliphatic rings. The minimum absolute atomic E-state index is 0.180. The van der Waals surface area contributed by atoms with E-state index in [1.165, 1.54) is 16.2 Å². The van der Waals surface area contributed by atoms with Gasteiger partial charge < -0.3 is 10.1 Å². The first-order chi connectivity index (χ1) is 15.5. The summed E-state index contributed by atoms with van der Waals surface area (Å²) in [6.45, 7) is 3.00. The van der Waals surface area contributed by atoms with Crippen molar-refractivity contribution in [1.29, 1.82) is 0 Å². The molecule has 3 aromatic rings. The SMILES string of the molecule is CCCN1C(=O)/C(=C/c2c(NCc3ccc(OC)cc3)nc3ccccn3c2=O)SC1=S. The highest BCUT2D eigenvalue weighted by Gasteiger charge is 2.31. The van der Waals surface area contributed by atoms with Gasteiger partial charge in [-0.3, -0.25) is 18.9 Å². The number of amides is 1. The second-order valence-electron chi connectivity index (χ2n) is 7.14. The molecule has 0 radical (unpaired) electrons. The third-order valence-electron chi connectivity index (χ3n) is 4.98. The highest BCUT2D eigenvalue weighted by Crippen LogP contribution is 2.33. The molecule has 1 fully saturated rings. The van der Waals surface area contributed by atoms with Crippen molar-refractivity contribution in [2.75, 3.05) is 19.0 Å². The van der Waals surface area contributed by atoms with Crippen molar-refractivity contribution in [3.05, 3.63) is 75.0 Å². The molecule has 3 heterocycles. The Balaban J connectivity index is 1.73. The van der Waals surface area contributed by atoms with Crippen LogP contribution in [0.25, 0.3) is 11.7 Å². The number of rotatable bonds is 7. The van der Waals surface area contributed by atoms with E-state index in [0.29, 0.717) is 39.3 Å². The lowest BCUT2D eigenvalue weighted by Gasteiger charge is -2.12. The molecule has 0 spiro atoms. The molecular formula is C23H22N4O3S2. The summed E-state index contributed by atoms with van der Waals surface area (Å²) in [7, 11) is 1.62. The van der Waals surface area contributed by atoms with E-state index in [1.807, 2.05) is 37.3 Å². The minimum atomic E-state index is -0.256. The second-order valence-corrected chi connectivity index (χ2v) is 8.82. The summed E-state index contributed by atoms with van der Waals surface area (Å²) in [5.74, 6) is 1.00. The maximum atomic E-state index is 13.3. The van der Waals surface area contributed by atoms with Gasteiger partial charge in [-0.2, -0.15) is 0 Å². The van der Waals surface area contributed by atoms with Gasteiger partial charge in [-0.15, -0.1) is 0 Å². The Morgan fingerprint density at radius 1 is 1.19 bits per heavy atom. The Hall–Kier alpha value is -3.17. The predicted octanol–water partition coefficient (Wildman–Crippen LogP) is 3.93. The minimum Gasteiger partial charge on any atom is -0.497 e. The van der Waals surface area contributed by atoms with Crippen molar-refractivity contribution in [3.8, 4) is 5.75 Å². The normalized spacial score (nSPS) is 15.1. The van der Waals surface area contributed by atoms with E-state index in [4.69, 9.17) is 17.0 Å². The number of benzene rings is 1. The van der Waals surface area contributed by atoms with Crippen LogP contribution in [-0.2, 0) is 11.3 Å². The molecule has 1 aliphatic heterocycles. The first-order valence-corrected chi connectivity index (χ1v) is 11.4. The maximum Gasteiger partial charge on any atom is 0.267 e. The fraction of sp³-hybridized carbons (Fsp3) is 0.217. The van der Waals surface area contributed by atoms with E-state index in [2.05, 4.69) is 10.3 Å². The third kappa shape index (κ3) is 4.39. The van der Waals surface area contributed by atoms with Gasteiger partial charge in [0.15, 0.2) is 0 Å². The molecule has 1 N–H and O–H groups in total. The second kappa shape index (κ2) is 9.54. The van der Waals surface area contributed by atoms with Gasteiger partial charge in [0.2, 0.25) is 0 Å². The monoisotopic (exact) mass is 466 g/mol. The molecule has 0 saturated carbocycles. The molecule has 1 amide bonds. The van der Waals surface area contributed by atoms with Crippen LogP contribution in [-0.4, -0.2) is 38.2 Å². The average Bonchev–Trinajstić information content (AvgIpc) is 3.08. The zero-order valence-electron chi connectivity index (χ0n) is 17.7. The summed E-state index contributed by atoms with van der Waals surface area (Å²) >= 11 is 6.57. The highest BCUT2D eigenvalue weighted by atomic mass is 32.2. The molecule has 0 atom stereocenters. The van der Waals surface area contributed by atoms with Crippen LogP contribution in [0.5, 0.6) is 5.75 Å². The zero-order chi connectivity index (χ0) is 22.7. The lowest BCUT2D eigenvalue weighted by atomic mass is 10.2. The zero-order valence-corrected chi connectivity index (χ0v) is 19.3. The molecule has 4 rings (SSSR count). The van der Waals surface area contributed by atoms with Crippen LogP contribution < -0.4 is 15.6 Å². The third-order valence-corrected chi connectivity index (χ3v) is 6.36. The van der Waals surface area contributed by atoms with Crippen molar-refractivity contribution in [3.63, 3.8) is 0 Å². The number of pyridine rings is 1. The van der Waals surface area contributed by atoms with Gasteiger partial charge in [0.25, 0.3) is 11.5 Å². The van der Waals surface area contributed by atoms with Gasteiger partial charge in [0.1, 0.15) is 21.5 Å². The number of thioether (sulfide) groups is 1.